The van der Waals surface area contributed by atoms with E-state index >= 15 is 0 Å². The highest BCUT2D eigenvalue weighted by Crippen LogP contribution is 2.21. The molecule has 0 aromatic heterocycles. The molecular weight excluding hydrogens is 212 g/mol. The number of esters is 1. The first-order valence-corrected chi connectivity index (χ1v) is 7.09. The van der Waals surface area contributed by atoms with Crippen molar-refractivity contribution in [2.75, 3.05) is 0 Å². The highest BCUT2D eigenvalue weighted by molar-refractivity contribution is 5.73. The van der Waals surface area contributed by atoms with Crippen LogP contribution in [0, 0.1) is 0 Å². The molecule has 2 heteroatoms. The predicted octanol–water partition coefficient (Wildman–Crippen LogP) is 4.39. The summed E-state index contributed by atoms with van der Waals surface area (Å²) in [6, 6.07) is 0. The van der Waals surface area contributed by atoms with Crippen LogP contribution in [0.3, 0.4) is 0 Å². The van der Waals surface area contributed by atoms with E-state index < -0.39 is 0 Å². The number of allylic oxidation sites excluding steroid dienone is 1. The van der Waals surface area contributed by atoms with Crippen molar-refractivity contribution in [1.82, 2.24) is 0 Å². The number of hydrogen-bond acceptors (Lipinski definition) is 2. The summed E-state index contributed by atoms with van der Waals surface area (Å²) in [6.45, 7) is 4.21. The second kappa shape index (κ2) is 8.32. The third-order valence-electron chi connectivity index (χ3n) is 3.24. The molecule has 98 valence electrons. The quantitative estimate of drug-likeness (QED) is 0.373. The summed E-state index contributed by atoms with van der Waals surface area (Å²) in [5.74, 6) is -0.0575. The smallest absolute Gasteiger partial charge is 0.310 e. The van der Waals surface area contributed by atoms with E-state index in [1.54, 1.807) is 0 Å². The molecule has 1 saturated heterocycles. The van der Waals surface area contributed by atoms with Crippen LogP contribution in [0.25, 0.3) is 0 Å². The van der Waals surface area contributed by atoms with Gasteiger partial charge in [0.15, 0.2) is 0 Å². The monoisotopic (exact) mass is 238 g/mol. The number of ether oxygens (including phenoxy) is 1. The Morgan fingerprint density at radius 2 is 1.94 bits per heavy atom. The Labute approximate surface area is 105 Å². The van der Waals surface area contributed by atoms with Crippen molar-refractivity contribution < 1.29 is 9.53 Å². The molecule has 1 unspecified atom stereocenters. The third-order valence-corrected chi connectivity index (χ3v) is 3.24. The molecule has 1 atom stereocenters. The van der Waals surface area contributed by atoms with Gasteiger partial charge in [0, 0.05) is 6.42 Å². The van der Waals surface area contributed by atoms with Crippen molar-refractivity contribution in [2.45, 2.75) is 77.7 Å². The topological polar surface area (TPSA) is 26.3 Å². The normalized spacial score (nSPS) is 22.8. The van der Waals surface area contributed by atoms with Gasteiger partial charge in [-0.15, -0.1) is 0 Å². The molecule has 1 fully saturated rings. The van der Waals surface area contributed by atoms with E-state index in [9.17, 15) is 4.79 Å². The van der Waals surface area contributed by atoms with E-state index in [2.05, 4.69) is 13.0 Å². The minimum absolute atomic E-state index is 0.0575. The Balaban J connectivity index is 2.09. The Morgan fingerprint density at radius 3 is 2.65 bits per heavy atom. The van der Waals surface area contributed by atoms with Gasteiger partial charge in [-0.3, -0.25) is 4.79 Å². The standard InChI is InChI=1S/C15H26O2/c1-3-4-5-6-7-8-9-10-14-11-13(2)17-15(16)12-14/h10,13H,3-9,11-12H2,1-2H3/b14-10-. The van der Waals surface area contributed by atoms with Crippen LogP contribution in [0.4, 0.5) is 0 Å². The summed E-state index contributed by atoms with van der Waals surface area (Å²) in [6.07, 6.45) is 12.9. The molecule has 0 radical (unpaired) electrons. The number of unbranched alkanes of at least 4 members (excludes halogenated alkanes) is 6. The molecule has 1 heterocycles. The van der Waals surface area contributed by atoms with Crippen molar-refractivity contribution in [3.8, 4) is 0 Å². The van der Waals surface area contributed by atoms with Crippen LogP contribution in [0.15, 0.2) is 11.6 Å². The minimum atomic E-state index is -0.0575. The first-order valence-electron chi connectivity index (χ1n) is 7.09. The average molecular weight is 238 g/mol. The maximum absolute atomic E-state index is 11.2. The van der Waals surface area contributed by atoms with Gasteiger partial charge in [0.2, 0.25) is 0 Å². The molecule has 1 aliphatic heterocycles. The van der Waals surface area contributed by atoms with Crippen molar-refractivity contribution in [3.05, 3.63) is 11.6 Å². The molecule has 0 amide bonds. The van der Waals surface area contributed by atoms with Crippen LogP contribution in [0.1, 0.15) is 71.6 Å². The summed E-state index contributed by atoms with van der Waals surface area (Å²) in [5.41, 5.74) is 1.28. The fraction of sp³-hybridized carbons (Fsp3) is 0.800. The van der Waals surface area contributed by atoms with Crippen molar-refractivity contribution in [1.29, 1.82) is 0 Å². The lowest BCUT2D eigenvalue weighted by molar-refractivity contribution is -0.149. The summed E-state index contributed by atoms with van der Waals surface area (Å²) in [4.78, 5) is 11.2. The highest BCUT2D eigenvalue weighted by Gasteiger charge is 2.19. The number of rotatable bonds is 7. The Kier molecular flexibility index (Phi) is 6.99. The Hall–Kier alpha value is -0.790. The van der Waals surface area contributed by atoms with Crippen LogP contribution < -0.4 is 0 Å². The van der Waals surface area contributed by atoms with Crippen LogP contribution in [0.2, 0.25) is 0 Å². The number of cyclic esters (lactones) is 1. The van der Waals surface area contributed by atoms with E-state index in [4.69, 9.17) is 4.74 Å². The zero-order chi connectivity index (χ0) is 12.5. The predicted molar refractivity (Wildman–Crippen MR) is 70.9 cm³/mol. The lowest BCUT2D eigenvalue weighted by Gasteiger charge is -2.21. The van der Waals surface area contributed by atoms with Gasteiger partial charge in [-0.05, 0) is 19.8 Å². The SMILES string of the molecule is CCCCCCCC/C=C1\CC(=O)OC(C)C1. The van der Waals surface area contributed by atoms with Crippen LogP contribution >= 0.6 is 0 Å². The largest absolute Gasteiger partial charge is 0.462 e. The van der Waals surface area contributed by atoms with Gasteiger partial charge >= 0.3 is 5.97 Å². The lowest BCUT2D eigenvalue weighted by atomic mass is 10.0. The second-order valence-corrected chi connectivity index (χ2v) is 5.10. The molecule has 2 nitrogen and oxygen atoms in total. The number of hydrogen-bond donors (Lipinski definition) is 0. The van der Waals surface area contributed by atoms with E-state index in [0.717, 1.165) is 12.8 Å². The fourth-order valence-electron chi connectivity index (χ4n) is 2.32. The maximum atomic E-state index is 11.2. The van der Waals surface area contributed by atoms with Crippen molar-refractivity contribution in [3.63, 3.8) is 0 Å². The zero-order valence-electron chi connectivity index (χ0n) is 11.3. The van der Waals surface area contributed by atoms with Crippen molar-refractivity contribution in [2.24, 2.45) is 0 Å². The van der Waals surface area contributed by atoms with Crippen LogP contribution in [-0.4, -0.2) is 12.1 Å². The second-order valence-electron chi connectivity index (χ2n) is 5.10. The van der Waals surface area contributed by atoms with E-state index in [0.29, 0.717) is 6.42 Å². The number of carbonyl (C=O) groups is 1. The van der Waals surface area contributed by atoms with Gasteiger partial charge < -0.3 is 4.74 Å². The van der Waals surface area contributed by atoms with Gasteiger partial charge in [-0.2, -0.15) is 0 Å². The van der Waals surface area contributed by atoms with Gasteiger partial charge in [0.05, 0.1) is 6.42 Å². The molecule has 1 aliphatic rings. The number of carbonyl (C=O) groups excluding carboxylic acids is 1. The van der Waals surface area contributed by atoms with Gasteiger partial charge in [-0.1, -0.05) is 50.7 Å². The van der Waals surface area contributed by atoms with Gasteiger partial charge in [-0.25, -0.2) is 0 Å². The minimum Gasteiger partial charge on any atom is -0.462 e. The molecule has 1 rings (SSSR count). The first-order chi connectivity index (χ1) is 8.22. The Bertz CT molecular complexity index is 256. The zero-order valence-corrected chi connectivity index (χ0v) is 11.3. The van der Waals surface area contributed by atoms with Crippen LogP contribution in [-0.2, 0) is 9.53 Å². The van der Waals surface area contributed by atoms with E-state index in [-0.39, 0.29) is 12.1 Å². The van der Waals surface area contributed by atoms with E-state index in [1.807, 2.05) is 6.92 Å². The highest BCUT2D eigenvalue weighted by atomic mass is 16.5. The summed E-state index contributed by atoms with van der Waals surface area (Å²) >= 11 is 0. The summed E-state index contributed by atoms with van der Waals surface area (Å²) in [5, 5.41) is 0. The molecule has 0 aromatic carbocycles. The molecule has 0 saturated carbocycles. The van der Waals surface area contributed by atoms with E-state index in [1.165, 1.54) is 44.1 Å². The summed E-state index contributed by atoms with van der Waals surface area (Å²) in [7, 11) is 0. The molecule has 17 heavy (non-hydrogen) atoms. The average Bonchev–Trinajstić information content (AvgIpc) is 2.26. The molecular formula is C15H26O2. The fourth-order valence-corrected chi connectivity index (χ4v) is 2.32. The molecule has 0 bridgehead atoms. The van der Waals surface area contributed by atoms with Crippen molar-refractivity contribution >= 4 is 5.97 Å². The molecule has 0 aromatic rings. The Morgan fingerprint density at radius 1 is 1.24 bits per heavy atom. The summed E-state index contributed by atoms with van der Waals surface area (Å²) < 4.78 is 5.11. The maximum Gasteiger partial charge on any atom is 0.310 e. The molecule has 0 aliphatic carbocycles. The van der Waals surface area contributed by atoms with Gasteiger partial charge in [0.1, 0.15) is 6.10 Å². The third kappa shape index (κ3) is 6.50. The van der Waals surface area contributed by atoms with Gasteiger partial charge in [0.25, 0.3) is 0 Å². The molecule has 0 N–H and O–H groups in total. The molecule has 0 spiro atoms. The lowest BCUT2D eigenvalue weighted by Crippen LogP contribution is -2.22. The van der Waals surface area contributed by atoms with Crippen LogP contribution in [0.5, 0.6) is 0 Å². The first kappa shape index (κ1) is 14.3.